The van der Waals surface area contributed by atoms with Gasteiger partial charge in [-0.2, -0.15) is 0 Å². The first-order chi connectivity index (χ1) is 7.13. The molecule has 0 aliphatic heterocycles. The van der Waals surface area contributed by atoms with Gasteiger partial charge in [0.25, 0.3) is 0 Å². The third-order valence-electron chi connectivity index (χ3n) is 2.22. The molecule has 0 heterocycles. The smallest absolute Gasteiger partial charge is 0.0488 e. The lowest BCUT2D eigenvalue weighted by molar-refractivity contribution is 0.106. The van der Waals surface area contributed by atoms with E-state index in [1.54, 1.807) is 0 Å². The summed E-state index contributed by atoms with van der Waals surface area (Å²) in [5.41, 5.74) is 0. The first-order valence-electron chi connectivity index (χ1n) is 6.44. The zero-order valence-electron chi connectivity index (χ0n) is 11.0. The fourth-order valence-corrected chi connectivity index (χ4v) is 1.39. The van der Waals surface area contributed by atoms with E-state index in [2.05, 4.69) is 33.0 Å². The van der Waals surface area contributed by atoms with Crippen molar-refractivity contribution in [3.05, 3.63) is 0 Å². The van der Waals surface area contributed by atoms with Crippen molar-refractivity contribution in [2.45, 2.75) is 59.4 Å². The number of hydrogen-bond donors (Lipinski definition) is 1. The fraction of sp³-hybridized carbons (Fsp3) is 1.00. The minimum atomic E-state index is 0.624. The van der Waals surface area contributed by atoms with Gasteiger partial charge in [0.05, 0.1) is 0 Å². The molecule has 15 heavy (non-hydrogen) atoms. The van der Waals surface area contributed by atoms with Crippen LogP contribution in [0.3, 0.4) is 0 Å². The van der Waals surface area contributed by atoms with E-state index < -0.39 is 0 Å². The lowest BCUT2D eigenvalue weighted by Crippen LogP contribution is -2.23. The number of rotatable bonds is 10. The normalized spacial score (nSPS) is 11.6. The quantitative estimate of drug-likeness (QED) is 0.565. The molecule has 0 saturated carbocycles. The molecule has 0 aromatic rings. The summed E-state index contributed by atoms with van der Waals surface area (Å²) in [5.74, 6) is 0.667. The Hall–Kier alpha value is -0.0800. The summed E-state index contributed by atoms with van der Waals surface area (Å²) in [6.07, 6.45) is 5.14. The second-order valence-electron chi connectivity index (χ2n) is 4.99. The molecule has 0 saturated heterocycles. The molecule has 0 amide bonds. The van der Waals surface area contributed by atoms with E-state index in [1.165, 1.54) is 25.7 Å². The topological polar surface area (TPSA) is 21.3 Å². The van der Waals surface area contributed by atoms with Crippen molar-refractivity contribution in [1.29, 1.82) is 0 Å². The predicted molar refractivity (Wildman–Crippen MR) is 67.3 cm³/mol. The van der Waals surface area contributed by atoms with Crippen LogP contribution in [0.1, 0.15) is 53.4 Å². The highest BCUT2D eigenvalue weighted by Gasteiger charge is 1.95. The minimum absolute atomic E-state index is 0.624. The Morgan fingerprint density at radius 1 is 0.933 bits per heavy atom. The molecule has 0 aliphatic rings. The number of unbranched alkanes of at least 4 members (excludes halogenated alkanes) is 3. The Bertz CT molecular complexity index is 110. The Labute approximate surface area is 95.8 Å². The largest absolute Gasteiger partial charge is 0.381 e. The highest BCUT2D eigenvalue weighted by atomic mass is 16.5. The molecule has 2 heteroatoms. The maximum Gasteiger partial charge on any atom is 0.0488 e. The van der Waals surface area contributed by atoms with Crippen LogP contribution in [0, 0.1) is 5.92 Å². The average Bonchev–Trinajstić information content (AvgIpc) is 2.14. The standard InChI is InChI=1S/C13H29NO/c1-12(2)11-15-10-8-6-5-7-9-14-13(3)4/h12-14H,5-11H2,1-4H3. The molecule has 92 valence electrons. The summed E-state index contributed by atoms with van der Waals surface area (Å²) in [5, 5.41) is 3.43. The van der Waals surface area contributed by atoms with Crippen molar-refractivity contribution in [2.75, 3.05) is 19.8 Å². The summed E-state index contributed by atoms with van der Waals surface area (Å²) in [4.78, 5) is 0. The van der Waals surface area contributed by atoms with Gasteiger partial charge in [0.1, 0.15) is 0 Å². The molecule has 1 N–H and O–H groups in total. The van der Waals surface area contributed by atoms with Crippen molar-refractivity contribution in [2.24, 2.45) is 5.92 Å². The van der Waals surface area contributed by atoms with E-state index >= 15 is 0 Å². The second-order valence-corrected chi connectivity index (χ2v) is 4.99. The van der Waals surface area contributed by atoms with Gasteiger partial charge in [0, 0.05) is 19.3 Å². The molecular weight excluding hydrogens is 186 g/mol. The third-order valence-corrected chi connectivity index (χ3v) is 2.22. The van der Waals surface area contributed by atoms with E-state index in [0.717, 1.165) is 19.8 Å². The van der Waals surface area contributed by atoms with E-state index in [9.17, 15) is 0 Å². The zero-order valence-corrected chi connectivity index (χ0v) is 11.0. The van der Waals surface area contributed by atoms with Crippen LogP contribution >= 0.6 is 0 Å². The summed E-state index contributed by atoms with van der Waals surface area (Å²) < 4.78 is 5.52. The third kappa shape index (κ3) is 13.9. The van der Waals surface area contributed by atoms with Crippen molar-refractivity contribution in [3.8, 4) is 0 Å². The van der Waals surface area contributed by atoms with Crippen molar-refractivity contribution >= 4 is 0 Å². The number of hydrogen-bond acceptors (Lipinski definition) is 2. The van der Waals surface area contributed by atoms with Crippen LogP contribution in [-0.2, 0) is 4.74 Å². The monoisotopic (exact) mass is 215 g/mol. The Balaban J connectivity index is 2.93. The molecule has 0 bridgehead atoms. The molecule has 2 nitrogen and oxygen atoms in total. The highest BCUT2D eigenvalue weighted by molar-refractivity contribution is 4.53. The van der Waals surface area contributed by atoms with Gasteiger partial charge < -0.3 is 10.1 Å². The fourth-order valence-electron chi connectivity index (χ4n) is 1.39. The zero-order chi connectivity index (χ0) is 11.5. The Morgan fingerprint density at radius 2 is 1.60 bits per heavy atom. The van der Waals surface area contributed by atoms with Crippen LogP contribution in [0.5, 0.6) is 0 Å². The average molecular weight is 215 g/mol. The highest BCUT2D eigenvalue weighted by Crippen LogP contribution is 2.01. The van der Waals surface area contributed by atoms with Gasteiger partial charge in [-0.15, -0.1) is 0 Å². The van der Waals surface area contributed by atoms with Crippen LogP contribution < -0.4 is 5.32 Å². The predicted octanol–water partition coefficient (Wildman–Crippen LogP) is 3.22. The van der Waals surface area contributed by atoms with Crippen LogP contribution in [0.25, 0.3) is 0 Å². The molecular formula is C13H29NO. The number of nitrogens with one attached hydrogen (secondary N) is 1. The molecule has 0 aromatic carbocycles. The van der Waals surface area contributed by atoms with Crippen molar-refractivity contribution in [3.63, 3.8) is 0 Å². The van der Waals surface area contributed by atoms with Crippen molar-refractivity contribution in [1.82, 2.24) is 5.32 Å². The van der Waals surface area contributed by atoms with Crippen LogP contribution in [-0.4, -0.2) is 25.8 Å². The molecule has 0 atom stereocenters. The maximum atomic E-state index is 5.52. The van der Waals surface area contributed by atoms with Gasteiger partial charge in [0.2, 0.25) is 0 Å². The van der Waals surface area contributed by atoms with E-state index in [0.29, 0.717) is 12.0 Å². The first-order valence-corrected chi connectivity index (χ1v) is 6.44. The minimum Gasteiger partial charge on any atom is -0.381 e. The first kappa shape index (κ1) is 14.9. The number of ether oxygens (including phenoxy) is 1. The van der Waals surface area contributed by atoms with Crippen LogP contribution in [0.4, 0.5) is 0 Å². The summed E-state index contributed by atoms with van der Waals surface area (Å²) >= 11 is 0. The molecule has 0 spiro atoms. The van der Waals surface area contributed by atoms with E-state index in [1.807, 2.05) is 0 Å². The molecule has 0 unspecified atom stereocenters. The van der Waals surface area contributed by atoms with Crippen molar-refractivity contribution < 1.29 is 4.74 Å². The van der Waals surface area contributed by atoms with Crippen LogP contribution in [0.15, 0.2) is 0 Å². The lowest BCUT2D eigenvalue weighted by Gasteiger charge is -2.08. The summed E-state index contributed by atoms with van der Waals surface area (Å²) in [6.45, 7) is 11.8. The Kier molecular flexibility index (Phi) is 10.4. The van der Waals surface area contributed by atoms with Gasteiger partial charge in [-0.3, -0.25) is 0 Å². The molecule has 0 rings (SSSR count). The lowest BCUT2D eigenvalue weighted by atomic mass is 10.2. The van der Waals surface area contributed by atoms with Crippen LogP contribution in [0.2, 0.25) is 0 Å². The van der Waals surface area contributed by atoms with E-state index in [-0.39, 0.29) is 0 Å². The maximum absolute atomic E-state index is 5.52. The van der Waals surface area contributed by atoms with Gasteiger partial charge in [0.15, 0.2) is 0 Å². The molecule has 0 aromatic heterocycles. The summed E-state index contributed by atoms with van der Waals surface area (Å²) in [6, 6.07) is 0.624. The second kappa shape index (κ2) is 10.4. The van der Waals surface area contributed by atoms with Gasteiger partial charge in [-0.25, -0.2) is 0 Å². The van der Waals surface area contributed by atoms with Gasteiger partial charge >= 0.3 is 0 Å². The van der Waals surface area contributed by atoms with Gasteiger partial charge in [-0.1, -0.05) is 40.5 Å². The molecule has 0 radical (unpaired) electrons. The molecule has 0 fully saturated rings. The van der Waals surface area contributed by atoms with Gasteiger partial charge in [-0.05, 0) is 25.3 Å². The summed E-state index contributed by atoms with van der Waals surface area (Å²) in [7, 11) is 0. The SMILES string of the molecule is CC(C)COCCCCCCNC(C)C. The molecule has 0 aliphatic carbocycles. The Morgan fingerprint density at radius 3 is 2.20 bits per heavy atom. The van der Waals surface area contributed by atoms with E-state index in [4.69, 9.17) is 4.74 Å².